The van der Waals surface area contributed by atoms with Crippen molar-refractivity contribution in [2.24, 2.45) is 11.3 Å². The van der Waals surface area contributed by atoms with E-state index in [4.69, 9.17) is 11.6 Å². The first kappa shape index (κ1) is 17.4. The highest BCUT2D eigenvalue weighted by atomic mass is 35.5. The van der Waals surface area contributed by atoms with Crippen LogP contribution in [0.15, 0.2) is 43.0 Å². The smallest absolute Gasteiger partial charge is 0.137 e. The van der Waals surface area contributed by atoms with E-state index in [1.54, 1.807) is 11.0 Å². The van der Waals surface area contributed by atoms with E-state index in [1.165, 1.54) is 6.33 Å². The van der Waals surface area contributed by atoms with Gasteiger partial charge in [-0.1, -0.05) is 37.3 Å². The van der Waals surface area contributed by atoms with Gasteiger partial charge < -0.3 is 10.2 Å². The second-order valence-corrected chi connectivity index (χ2v) is 7.24. The van der Waals surface area contributed by atoms with Gasteiger partial charge in [-0.3, -0.25) is 4.68 Å². The van der Waals surface area contributed by atoms with Gasteiger partial charge in [0.2, 0.25) is 0 Å². The molecule has 2 N–H and O–H groups in total. The summed E-state index contributed by atoms with van der Waals surface area (Å²) in [5.74, 6) is -0.169. The van der Waals surface area contributed by atoms with E-state index in [1.807, 2.05) is 37.3 Å². The second-order valence-electron chi connectivity index (χ2n) is 6.77. The van der Waals surface area contributed by atoms with Gasteiger partial charge in [-0.05, 0) is 24.8 Å². The average Bonchev–Trinajstić information content (AvgIpc) is 3.21. The van der Waals surface area contributed by atoms with Crippen molar-refractivity contribution in [1.29, 1.82) is 0 Å². The van der Waals surface area contributed by atoms with Gasteiger partial charge in [-0.15, -0.1) is 11.6 Å². The Kier molecular flexibility index (Phi) is 4.95. The molecule has 0 radical (unpaired) electrons. The van der Waals surface area contributed by atoms with Crippen LogP contribution in [-0.2, 0) is 6.54 Å². The largest absolute Gasteiger partial charge is 0.396 e. The van der Waals surface area contributed by atoms with E-state index >= 15 is 0 Å². The van der Waals surface area contributed by atoms with E-state index in [-0.39, 0.29) is 24.4 Å². The molecule has 1 fully saturated rings. The first-order chi connectivity index (χ1) is 11.6. The van der Waals surface area contributed by atoms with Gasteiger partial charge in [0.05, 0.1) is 24.1 Å². The molecule has 2 aromatic rings. The summed E-state index contributed by atoms with van der Waals surface area (Å²) in [7, 11) is 0. The molecule has 1 aromatic carbocycles. The lowest BCUT2D eigenvalue weighted by Crippen LogP contribution is -2.54. The molecule has 4 unspecified atom stereocenters. The summed E-state index contributed by atoms with van der Waals surface area (Å²) in [5, 5.41) is 25.7. The lowest BCUT2D eigenvalue weighted by molar-refractivity contribution is -0.127. The molecule has 0 bridgehead atoms. The number of aliphatic hydroxyl groups excluding tert-OH is 1. The number of aliphatic hydroxyl groups is 2. The Labute approximate surface area is 147 Å². The molecule has 24 heavy (non-hydrogen) atoms. The van der Waals surface area contributed by atoms with Crippen LogP contribution in [0, 0.1) is 11.3 Å². The third kappa shape index (κ3) is 2.75. The molecule has 1 aliphatic carbocycles. The van der Waals surface area contributed by atoms with Crippen molar-refractivity contribution in [2.45, 2.75) is 43.7 Å². The summed E-state index contributed by atoms with van der Waals surface area (Å²) in [4.78, 5) is 3.97. The van der Waals surface area contributed by atoms with Crippen molar-refractivity contribution in [1.82, 2.24) is 14.8 Å². The predicted octanol–water partition coefficient (Wildman–Crippen LogP) is 2.79. The van der Waals surface area contributed by atoms with Crippen LogP contribution in [0.3, 0.4) is 0 Å². The Morgan fingerprint density at radius 2 is 2.12 bits per heavy atom. The minimum Gasteiger partial charge on any atom is -0.396 e. The standard InChI is InChI=1S/C18H24ClN3O2/c1-2-17(11-23)9-8-15(16(19)14-6-4-3-5-7-14)18(17,24)10-22-13-20-12-21-22/h3-7,12-13,15-16,23-24H,2,8-11H2,1H3. The number of alkyl halides is 1. The van der Waals surface area contributed by atoms with Crippen LogP contribution < -0.4 is 0 Å². The predicted molar refractivity (Wildman–Crippen MR) is 92.5 cm³/mol. The first-order valence-corrected chi connectivity index (χ1v) is 8.84. The van der Waals surface area contributed by atoms with Gasteiger partial charge in [-0.2, -0.15) is 5.10 Å². The van der Waals surface area contributed by atoms with Crippen molar-refractivity contribution in [3.8, 4) is 0 Å². The van der Waals surface area contributed by atoms with Crippen LogP contribution in [-0.4, -0.2) is 37.2 Å². The van der Waals surface area contributed by atoms with Crippen LogP contribution in [0.25, 0.3) is 0 Å². The molecule has 3 rings (SSSR count). The fourth-order valence-corrected chi connectivity index (χ4v) is 4.67. The number of hydrogen-bond acceptors (Lipinski definition) is 4. The summed E-state index contributed by atoms with van der Waals surface area (Å²) in [5.41, 5.74) is -0.733. The fourth-order valence-electron chi connectivity index (χ4n) is 4.19. The fraction of sp³-hybridized carbons (Fsp3) is 0.556. The molecular weight excluding hydrogens is 326 g/mol. The highest BCUT2D eigenvalue weighted by Crippen LogP contribution is 2.57. The first-order valence-electron chi connectivity index (χ1n) is 8.41. The molecule has 130 valence electrons. The Balaban J connectivity index is 1.98. The van der Waals surface area contributed by atoms with Crippen molar-refractivity contribution in [3.05, 3.63) is 48.5 Å². The van der Waals surface area contributed by atoms with Crippen LogP contribution in [0.2, 0.25) is 0 Å². The minimum absolute atomic E-state index is 0.0659. The number of rotatable bonds is 6. The van der Waals surface area contributed by atoms with E-state index in [2.05, 4.69) is 10.1 Å². The SMILES string of the molecule is CCC1(CO)CCC(C(Cl)c2ccccc2)C1(O)Cn1cncn1. The van der Waals surface area contributed by atoms with Crippen LogP contribution in [0.1, 0.15) is 37.1 Å². The van der Waals surface area contributed by atoms with Gasteiger partial charge in [0, 0.05) is 11.3 Å². The normalized spacial score (nSPS) is 31.2. The van der Waals surface area contributed by atoms with Crippen molar-refractivity contribution < 1.29 is 10.2 Å². The van der Waals surface area contributed by atoms with Crippen LogP contribution in [0.5, 0.6) is 0 Å². The average molecular weight is 350 g/mol. The summed E-state index contributed by atoms with van der Waals surface area (Å²) in [6.07, 6.45) is 5.24. The molecule has 4 atom stereocenters. The monoisotopic (exact) mass is 349 g/mol. The molecular formula is C18H24ClN3O2. The summed E-state index contributed by atoms with van der Waals surface area (Å²) >= 11 is 6.79. The van der Waals surface area contributed by atoms with E-state index in [0.717, 1.165) is 18.4 Å². The number of hydrogen-bond donors (Lipinski definition) is 2. The Morgan fingerprint density at radius 3 is 2.71 bits per heavy atom. The lowest BCUT2D eigenvalue weighted by Gasteiger charge is -2.44. The third-order valence-corrected chi connectivity index (χ3v) is 6.34. The molecule has 1 heterocycles. The number of aromatic nitrogens is 3. The van der Waals surface area contributed by atoms with Crippen molar-refractivity contribution in [3.63, 3.8) is 0 Å². The van der Waals surface area contributed by atoms with Gasteiger partial charge in [0.1, 0.15) is 12.7 Å². The second kappa shape index (κ2) is 6.82. The molecule has 1 aliphatic rings. The van der Waals surface area contributed by atoms with E-state index < -0.39 is 11.0 Å². The summed E-state index contributed by atoms with van der Waals surface area (Å²) in [6, 6.07) is 9.83. The molecule has 6 heteroatoms. The summed E-state index contributed by atoms with van der Waals surface area (Å²) in [6.45, 7) is 2.22. The number of benzene rings is 1. The van der Waals surface area contributed by atoms with Gasteiger partial charge in [0.15, 0.2) is 0 Å². The topological polar surface area (TPSA) is 71.2 Å². The van der Waals surface area contributed by atoms with Crippen LogP contribution >= 0.6 is 11.6 Å². The minimum atomic E-state index is -1.15. The molecule has 0 saturated heterocycles. The maximum Gasteiger partial charge on any atom is 0.137 e. The van der Waals surface area contributed by atoms with E-state index in [9.17, 15) is 10.2 Å². The zero-order valence-corrected chi connectivity index (χ0v) is 14.6. The van der Waals surface area contributed by atoms with Gasteiger partial charge >= 0.3 is 0 Å². The zero-order chi connectivity index (χ0) is 17.2. The molecule has 0 aliphatic heterocycles. The number of nitrogens with zero attached hydrogens (tertiary/aromatic N) is 3. The molecule has 0 amide bonds. The Hall–Kier alpha value is -1.43. The zero-order valence-electron chi connectivity index (χ0n) is 13.8. The maximum absolute atomic E-state index is 11.7. The highest BCUT2D eigenvalue weighted by molar-refractivity contribution is 6.21. The van der Waals surface area contributed by atoms with Crippen LogP contribution in [0.4, 0.5) is 0 Å². The van der Waals surface area contributed by atoms with E-state index in [0.29, 0.717) is 6.42 Å². The molecule has 5 nitrogen and oxygen atoms in total. The highest BCUT2D eigenvalue weighted by Gasteiger charge is 2.60. The molecule has 0 spiro atoms. The van der Waals surface area contributed by atoms with Crippen molar-refractivity contribution in [2.75, 3.05) is 6.61 Å². The lowest BCUT2D eigenvalue weighted by atomic mass is 9.68. The number of halogens is 1. The quantitative estimate of drug-likeness (QED) is 0.787. The molecule has 1 aromatic heterocycles. The Morgan fingerprint density at radius 1 is 1.38 bits per heavy atom. The summed E-state index contributed by atoms with van der Waals surface area (Å²) < 4.78 is 1.63. The van der Waals surface area contributed by atoms with Gasteiger partial charge in [-0.25, -0.2) is 4.98 Å². The Bertz CT molecular complexity index is 646. The van der Waals surface area contributed by atoms with Crippen molar-refractivity contribution >= 4 is 11.6 Å². The molecule has 1 saturated carbocycles. The van der Waals surface area contributed by atoms with Gasteiger partial charge in [0.25, 0.3) is 0 Å². The third-order valence-electron chi connectivity index (χ3n) is 5.79. The maximum atomic E-state index is 11.7.